The van der Waals surface area contributed by atoms with E-state index in [4.69, 9.17) is 4.74 Å². The molecule has 0 saturated heterocycles. The van der Waals surface area contributed by atoms with Crippen LogP contribution in [0.2, 0.25) is 0 Å². The van der Waals surface area contributed by atoms with Crippen molar-refractivity contribution in [2.75, 3.05) is 6.61 Å². The molecule has 0 amide bonds. The van der Waals surface area contributed by atoms with Crippen LogP contribution in [0.4, 0.5) is 0 Å². The first-order chi connectivity index (χ1) is 15.9. The van der Waals surface area contributed by atoms with Gasteiger partial charge < -0.3 is 14.4 Å². The summed E-state index contributed by atoms with van der Waals surface area (Å²) in [4.78, 5) is 26.1. The Bertz CT molecular complexity index is 1220. The number of benzene rings is 3. The predicted molar refractivity (Wildman–Crippen MR) is 126 cm³/mol. The highest BCUT2D eigenvalue weighted by atomic mass is 16.6. The number of esters is 1. The molecule has 5 nitrogen and oxygen atoms in total. The summed E-state index contributed by atoms with van der Waals surface area (Å²) in [6.07, 6.45) is 0. The first-order valence-corrected chi connectivity index (χ1v) is 10.7. The van der Waals surface area contributed by atoms with Crippen molar-refractivity contribution in [2.45, 2.75) is 19.4 Å². The quantitative estimate of drug-likeness (QED) is 0.333. The lowest BCUT2D eigenvalue weighted by atomic mass is 9.86. The van der Waals surface area contributed by atoms with Gasteiger partial charge in [-0.2, -0.15) is 0 Å². The van der Waals surface area contributed by atoms with Gasteiger partial charge in [0.15, 0.2) is 6.61 Å². The molecule has 4 aromatic rings. The fourth-order valence-corrected chi connectivity index (χ4v) is 4.09. The summed E-state index contributed by atoms with van der Waals surface area (Å²) in [7, 11) is 0. The molecule has 0 bridgehead atoms. The summed E-state index contributed by atoms with van der Waals surface area (Å²) in [5.41, 5.74) is 1.81. The Balaban J connectivity index is 1.58. The topological polar surface area (TPSA) is 68.5 Å². The normalized spacial score (nSPS) is 11.2. The summed E-state index contributed by atoms with van der Waals surface area (Å²) >= 11 is 0. The molecule has 0 aliphatic carbocycles. The standard InChI is InChI=1S/C28H25NO4/c1-20-18-25(21(2)29(20)24-16-10-5-11-17-24)26(30)19-33-27(31)28(32,22-12-6-3-7-13-22)23-14-8-4-9-15-23/h3-18,32H,19H2,1-2H3. The van der Waals surface area contributed by atoms with E-state index in [1.807, 2.05) is 48.7 Å². The molecule has 0 saturated carbocycles. The molecular weight excluding hydrogens is 414 g/mol. The lowest BCUT2D eigenvalue weighted by Crippen LogP contribution is -2.39. The van der Waals surface area contributed by atoms with Crippen LogP contribution in [-0.2, 0) is 15.1 Å². The van der Waals surface area contributed by atoms with Gasteiger partial charge in [-0.05, 0) is 43.2 Å². The molecule has 3 aromatic carbocycles. The summed E-state index contributed by atoms with van der Waals surface area (Å²) in [5, 5.41) is 11.5. The second-order valence-electron chi connectivity index (χ2n) is 7.90. The molecule has 1 aromatic heterocycles. The second-order valence-corrected chi connectivity index (χ2v) is 7.90. The third kappa shape index (κ3) is 4.23. The summed E-state index contributed by atoms with van der Waals surface area (Å²) in [5.74, 6) is -1.23. The van der Waals surface area contributed by atoms with E-state index >= 15 is 0 Å². The van der Waals surface area contributed by atoms with Gasteiger partial charge in [-0.1, -0.05) is 78.9 Å². The number of aliphatic hydroxyl groups is 1. The molecule has 0 aliphatic rings. The number of para-hydroxylation sites is 1. The smallest absolute Gasteiger partial charge is 0.348 e. The molecule has 4 rings (SSSR count). The first kappa shape index (κ1) is 22.2. The van der Waals surface area contributed by atoms with Crippen molar-refractivity contribution in [1.82, 2.24) is 4.57 Å². The minimum atomic E-state index is -2.02. The lowest BCUT2D eigenvalue weighted by Gasteiger charge is -2.26. The number of rotatable bonds is 7. The molecular formula is C28H25NO4. The van der Waals surface area contributed by atoms with E-state index in [-0.39, 0.29) is 5.78 Å². The maximum atomic E-state index is 13.2. The highest BCUT2D eigenvalue weighted by molar-refractivity contribution is 6.00. The molecule has 0 radical (unpaired) electrons. The van der Waals surface area contributed by atoms with Crippen LogP contribution in [0.5, 0.6) is 0 Å². The van der Waals surface area contributed by atoms with Gasteiger partial charge in [-0.25, -0.2) is 4.79 Å². The summed E-state index contributed by atoms with van der Waals surface area (Å²) in [6.45, 7) is 3.31. The monoisotopic (exact) mass is 439 g/mol. The first-order valence-electron chi connectivity index (χ1n) is 10.7. The minimum absolute atomic E-state index is 0.331. The van der Waals surface area contributed by atoms with Crippen molar-refractivity contribution >= 4 is 11.8 Å². The number of aromatic nitrogens is 1. The number of nitrogens with zero attached hydrogens (tertiary/aromatic N) is 1. The minimum Gasteiger partial charge on any atom is -0.455 e. The Morgan fingerprint density at radius 3 is 1.82 bits per heavy atom. The van der Waals surface area contributed by atoms with Crippen molar-refractivity contribution in [2.24, 2.45) is 0 Å². The van der Waals surface area contributed by atoms with E-state index in [2.05, 4.69) is 0 Å². The van der Waals surface area contributed by atoms with Crippen molar-refractivity contribution < 1.29 is 19.4 Å². The highest BCUT2D eigenvalue weighted by Crippen LogP contribution is 2.31. The van der Waals surface area contributed by atoms with Crippen LogP contribution in [0, 0.1) is 13.8 Å². The van der Waals surface area contributed by atoms with Crippen LogP contribution in [0.25, 0.3) is 5.69 Å². The average molecular weight is 440 g/mol. The van der Waals surface area contributed by atoms with Gasteiger partial charge in [0.2, 0.25) is 11.4 Å². The molecule has 0 fully saturated rings. The fraction of sp³-hybridized carbons (Fsp3) is 0.143. The highest BCUT2D eigenvalue weighted by Gasteiger charge is 2.42. The van der Waals surface area contributed by atoms with E-state index in [0.29, 0.717) is 16.7 Å². The van der Waals surface area contributed by atoms with Gasteiger partial charge >= 0.3 is 5.97 Å². The third-order valence-corrected chi connectivity index (χ3v) is 5.76. The fourth-order valence-electron chi connectivity index (χ4n) is 4.09. The van der Waals surface area contributed by atoms with Crippen LogP contribution in [-0.4, -0.2) is 28.0 Å². The molecule has 33 heavy (non-hydrogen) atoms. The van der Waals surface area contributed by atoms with Crippen molar-refractivity contribution in [3.8, 4) is 5.69 Å². The van der Waals surface area contributed by atoms with E-state index in [0.717, 1.165) is 17.1 Å². The number of carbonyl (C=O) groups is 2. The predicted octanol–water partition coefficient (Wildman–Crippen LogP) is 4.76. The Hall–Kier alpha value is -3.96. The summed E-state index contributed by atoms with van der Waals surface area (Å²) in [6, 6.07) is 28.7. The maximum Gasteiger partial charge on any atom is 0.348 e. The zero-order valence-corrected chi connectivity index (χ0v) is 18.6. The summed E-state index contributed by atoms with van der Waals surface area (Å²) < 4.78 is 7.38. The average Bonchev–Trinajstić information content (AvgIpc) is 3.17. The Morgan fingerprint density at radius 2 is 1.30 bits per heavy atom. The molecule has 0 unspecified atom stereocenters. The molecule has 166 valence electrons. The molecule has 0 aliphatic heterocycles. The van der Waals surface area contributed by atoms with Gasteiger partial charge in [0.05, 0.1) is 0 Å². The Labute approximate surface area is 192 Å². The number of ether oxygens (including phenoxy) is 1. The molecule has 5 heteroatoms. The molecule has 0 atom stereocenters. The van der Waals surface area contributed by atoms with Gasteiger partial charge in [-0.15, -0.1) is 0 Å². The second kappa shape index (κ2) is 9.27. The van der Waals surface area contributed by atoms with Crippen LogP contribution in [0.3, 0.4) is 0 Å². The van der Waals surface area contributed by atoms with Crippen molar-refractivity contribution in [3.63, 3.8) is 0 Å². The van der Waals surface area contributed by atoms with E-state index in [1.165, 1.54) is 0 Å². The van der Waals surface area contributed by atoms with Crippen LogP contribution < -0.4 is 0 Å². The van der Waals surface area contributed by atoms with E-state index in [9.17, 15) is 14.7 Å². The van der Waals surface area contributed by atoms with Crippen LogP contribution in [0.15, 0.2) is 97.1 Å². The van der Waals surface area contributed by atoms with Crippen LogP contribution in [0.1, 0.15) is 32.9 Å². The molecule has 1 N–H and O–H groups in total. The van der Waals surface area contributed by atoms with E-state index in [1.54, 1.807) is 66.7 Å². The molecule has 1 heterocycles. The SMILES string of the molecule is Cc1cc(C(=O)COC(=O)C(O)(c2ccccc2)c2ccccc2)c(C)n1-c1ccccc1. The van der Waals surface area contributed by atoms with Gasteiger partial charge in [-0.3, -0.25) is 4.79 Å². The van der Waals surface area contributed by atoms with Gasteiger partial charge in [0.25, 0.3) is 0 Å². The zero-order chi connectivity index (χ0) is 23.4. The van der Waals surface area contributed by atoms with Gasteiger partial charge in [0.1, 0.15) is 0 Å². The Kier molecular flexibility index (Phi) is 6.24. The number of carbonyl (C=O) groups excluding carboxylic acids is 2. The number of ketones is 1. The largest absolute Gasteiger partial charge is 0.455 e. The lowest BCUT2D eigenvalue weighted by molar-refractivity contribution is -0.160. The Morgan fingerprint density at radius 1 is 0.818 bits per heavy atom. The number of hydrogen-bond donors (Lipinski definition) is 1. The zero-order valence-electron chi connectivity index (χ0n) is 18.6. The maximum absolute atomic E-state index is 13.2. The number of Topliss-reactive ketones (excluding diaryl/α,β-unsaturated/α-hetero) is 1. The van der Waals surface area contributed by atoms with Gasteiger partial charge in [0, 0.05) is 22.6 Å². The van der Waals surface area contributed by atoms with E-state index < -0.39 is 18.2 Å². The van der Waals surface area contributed by atoms with Crippen molar-refractivity contribution in [3.05, 3.63) is 125 Å². The van der Waals surface area contributed by atoms with Crippen LogP contribution >= 0.6 is 0 Å². The van der Waals surface area contributed by atoms with Crippen molar-refractivity contribution in [1.29, 1.82) is 0 Å². The third-order valence-electron chi connectivity index (χ3n) is 5.76. The number of aryl methyl sites for hydroxylation is 1. The molecule has 0 spiro atoms. The number of hydrogen-bond acceptors (Lipinski definition) is 4.